The van der Waals surface area contributed by atoms with Crippen molar-refractivity contribution in [3.05, 3.63) is 51.9 Å². The molecule has 1 heterocycles. The normalized spacial score (nSPS) is 11.9. The minimum atomic E-state index is -0.782. The molecule has 0 aliphatic heterocycles. The zero-order valence-corrected chi connectivity index (χ0v) is 15.1. The van der Waals surface area contributed by atoms with Crippen molar-refractivity contribution in [3.63, 3.8) is 0 Å². The summed E-state index contributed by atoms with van der Waals surface area (Å²) in [5.74, 6) is -0.195. The Hall–Kier alpha value is -2.31. The number of aliphatic hydroxyl groups excluding tert-OH is 1. The maximum absolute atomic E-state index is 11.9. The van der Waals surface area contributed by atoms with Gasteiger partial charge in [-0.2, -0.15) is 0 Å². The summed E-state index contributed by atoms with van der Waals surface area (Å²) < 4.78 is 5.37. The van der Waals surface area contributed by atoms with Crippen LogP contribution in [0.3, 0.4) is 0 Å². The van der Waals surface area contributed by atoms with E-state index in [4.69, 9.17) is 16.0 Å². The number of aliphatic hydroxyl groups is 1. The Morgan fingerprint density at radius 1 is 1.24 bits per heavy atom. The molecule has 0 bridgehead atoms. The Bertz CT molecular complexity index is 785. The van der Waals surface area contributed by atoms with Gasteiger partial charge >= 0.3 is 11.8 Å². The van der Waals surface area contributed by atoms with Gasteiger partial charge in [0.2, 0.25) is 0 Å². The number of carbonyl (C=O) groups excluding carboxylic acids is 2. The molecule has 3 N–H and O–H groups in total. The summed E-state index contributed by atoms with van der Waals surface area (Å²) in [6.45, 7) is 5.48. The molecule has 0 saturated heterocycles. The highest BCUT2D eigenvalue weighted by atomic mass is 35.5. The summed E-state index contributed by atoms with van der Waals surface area (Å²) >= 11 is 5.98. The monoisotopic (exact) mass is 364 g/mol. The van der Waals surface area contributed by atoms with E-state index in [0.717, 1.165) is 0 Å². The second-order valence-corrected chi connectivity index (χ2v) is 6.20. The number of halogens is 1. The zero-order valence-electron chi connectivity index (χ0n) is 14.4. The van der Waals surface area contributed by atoms with E-state index in [1.54, 1.807) is 45.0 Å². The van der Waals surface area contributed by atoms with Crippen LogP contribution in [0.2, 0.25) is 5.02 Å². The summed E-state index contributed by atoms with van der Waals surface area (Å²) in [6.07, 6.45) is -0.495. The van der Waals surface area contributed by atoms with Crippen molar-refractivity contribution < 1.29 is 19.1 Å². The largest absolute Gasteiger partial charge is 0.466 e. The zero-order chi connectivity index (χ0) is 18.6. The quantitative estimate of drug-likeness (QED) is 0.711. The van der Waals surface area contributed by atoms with E-state index in [1.807, 2.05) is 0 Å². The molecule has 2 amide bonds. The average molecular weight is 365 g/mol. The molecule has 0 fully saturated rings. The fourth-order valence-electron chi connectivity index (χ4n) is 2.46. The molecule has 1 unspecified atom stereocenters. The highest BCUT2D eigenvalue weighted by molar-refractivity contribution is 6.40. The minimum Gasteiger partial charge on any atom is -0.466 e. The number of aryl methyl sites for hydroxylation is 2. The van der Waals surface area contributed by atoms with Crippen LogP contribution in [0.4, 0.5) is 5.69 Å². The predicted molar refractivity (Wildman–Crippen MR) is 95.6 cm³/mol. The number of nitrogens with one attached hydrogen (secondary N) is 2. The topological polar surface area (TPSA) is 91.6 Å². The van der Waals surface area contributed by atoms with Crippen LogP contribution in [0.1, 0.15) is 35.2 Å². The van der Waals surface area contributed by atoms with Crippen molar-refractivity contribution in [2.45, 2.75) is 33.3 Å². The summed E-state index contributed by atoms with van der Waals surface area (Å²) in [5, 5.41) is 15.7. The van der Waals surface area contributed by atoms with Gasteiger partial charge in [0.25, 0.3) is 0 Å². The molecule has 0 saturated carbocycles. The van der Waals surface area contributed by atoms with Gasteiger partial charge in [0, 0.05) is 22.8 Å². The van der Waals surface area contributed by atoms with Gasteiger partial charge in [-0.15, -0.1) is 0 Å². The standard InChI is InChI=1S/C18H21ClN2O4/c1-10-9-13(12(3)25-10)16(22)7-8-20-17(23)18(24)21-15-6-4-5-14(19)11(15)2/h4-6,9,16,22H,7-8H2,1-3H3,(H,20,23)(H,21,24). The van der Waals surface area contributed by atoms with Crippen LogP contribution in [0.15, 0.2) is 28.7 Å². The van der Waals surface area contributed by atoms with Crippen molar-refractivity contribution >= 4 is 29.1 Å². The first kappa shape index (κ1) is 19.0. The summed E-state index contributed by atoms with van der Waals surface area (Å²) in [5.41, 5.74) is 1.86. The fraction of sp³-hybridized carbons (Fsp3) is 0.333. The molecule has 134 valence electrons. The lowest BCUT2D eigenvalue weighted by molar-refractivity contribution is -0.136. The molecule has 6 nitrogen and oxygen atoms in total. The van der Waals surface area contributed by atoms with Crippen molar-refractivity contribution in [1.82, 2.24) is 5.32 Å². The van der Waals surface area contributed by atoms with Crippen LogP contribution in [0.5, 0.6) is 0 Å². The van der Waals surface area contributed by atoms with Crippen molar-refractivity contribution in [2.75, 3.05) is 11.9 Å². The Kier molecular flexibility index (Phi) is 6.22. The Morgan fingerprint density at radius 3 is 2.60 bits per heavy atom. The van der Waals surface area contributed by atoms with Crippen LogP contribution in [-0.2, 0) is 9.59 Å². The van der Waals surface area contributed by atoms with Crippen LogP contribution in [0, 0.1) is 20.8 Å². The van der Waals surface area contributed by atoms with E-state index >= 15 is 0 Å². The molecule has 1 aromatic carbocycles. The van der Waals surface area contributed by atoms with Crippen LogP contribution in [-0.4, -0.2) is 23.5 Å². The average Bonchev–Trinajstić information content (AvgIpc) is 2.90. The second kappa shape index (κ2) is 8.18. The third-order valence-electron chi connectivity index (χ3n) is 3.86. The Labute approximate surface area is 151 Å². The second-order valence-electron chi connectivity index (χ2n) is 5.80. The highest BCUT2D eigenvalue weighted by Crippen LogP contribution is 2.24. The number of hydrogen-bond donors (Lipinski definition) is 3. The molecule has 0 aliphatic carbocycles. The third-order valence-corrected chi connectivity index (χ3v) is 4.27. The molecular formula is C18H21ClN2O4. The van der Waals surface area contributed by atoms with Crippen LogP contribution >= 0.6 is 11.6 Å². The highest BCUT2D eigenvalue weighted by Gasteiger charge is 2.17. The molecule has 0 aliphatic rings. The van der Waals surface area contributed by atoms with Gasteiger partial charge in [-0.25, -0.2) is 0 Å². The summed E-state index contributed by atoms with van der Waals surface area (Å²) in [4.78, 5) is 23.8. The van der Waals surface area contributed by atoms with Gasteiger partial charge in [0.15, 0.2) is 0 Å². The SMILES string of the molecule is Cc1cc(C(O)CCNC(=O)C(=O)Nc2cccc(Cl)c2C)c(C)o1. The molecular weight excluding hydrogens is 344 g/mol. The van der Waals surface area contributed by atoms with E-state index in [9.17, 15) is 14.7 Å². The Morgan fingerprint density at radius 2 is 1.96 bits per heavy atom. The number of hydrogen-bond acceptors (Lipinski definition) is 4. The number of amides is 2. The fourth-order valence-corrected chi connectivity index (χ4v) is 2.64. The maximum Gasteiger partial charge on any atom is 0.313 e. The van der Waals surface area contributed by atoms with Gasteiger partial charge in [0.1, 0.15) is 11.5 Å². The van der Waals surface area contributed by atoms with E-state index in [0.29, 0.717) is 33.4 Å². The van der Waals surface area contributed by atoms with Crippen LogP contribution in [0.25, 0.3) is 0 Å². The number of carbonyl (C=O) groups is 2. The van der Waals surface area contributed by atoms with Crippen molar-refractivity contribution in [1.29, 1.82) is 0 Å². The van der Waals surface area contributed by atoms with Gasteiger partial charge in [0.05, 0.1) is 6.10 Å². The van der Waals surface area contributed by atoms with E-state index in [2.05, 4.69) is 10.6 Å². The lowest BCUT2D eigenvalue weighted by atomic mass is 10.1. The van der Waals surface area contributed by atoms with Gasteiger partial charge in [-0.3, -0.25) is 9.59 Å². The molecule has 25 heavy (non-hydrogen) atoms. The van der Waals surface area contributed by atoms with Crippen molar-refractivity contribution in [3.8, 4) is 0 Å². The van der Waals surface area contributed by atoms with Crippen molar-refractivity contribution in [2.24, 2.45) is 0 Å². The first-order chi connectivity index (χ1) is 11.8. The lowest BCUT2D eigenvalue weighted by Crippen LogP contribution is -2.36. The molecule has 1 atom stereocenters. The summed E-state index contributed by atoms with van der Waals surface area (Å²) in [6, 6.07) is 6.82. The molecule has 0 radical (unpaired) electrons. The Balaban J connectivity index is 1.84. The lowest BCUT2D eigenvalue weighted by Gasteiger charge is -2.11. The van der Waals surface area contributed by atoms with Gasteiger partial charge < -0.3 is 20.2 Å². The molecule has 7 heteroatoms. The maximum atomic E-state index is 11.9. The molecule has 2 rings (SSSR count). The van der Waals surface area contributed by atoms with Gasteiger partial charge in [-0.05, 0) is 51.0 Å². The van der Waals surface area contributed by atoms with Gasteiger partial charge in [-0.1, -0.05) is 17.7 Å². The first-order valence-electron chi connectivity index (χ1n) is 7.89. The first-order valence-corrected chi connectivity index (χ1v) is 8.26. The van der Waals surface area contributed by atoms with E-state index in [-0.39, 0.29) is 13.0 Å². The third kappa shape index (κ3) is 4.84. The number of furan rings is 1. The molecule has 0 spiro atoms. The number of anilines is 1. The molecule has 1 aromatic heterocycles. The molecule has 2 aromatic rings. The van der Waals surface area contributed by atoms with E-state index < -0.39 is 17.9 Å². The smallest absolute Gasteiger partial charge is 0.313 e. The number of rotatable bonds is 5. The minimum absolute atomic E-state index is 0.158. The number of benzene rings is 1. The predicted octanol–water partition coefficient (Wildman–Crippen LogP) is 3.04. The van der Waals surface area contributed by atoms with Crippen LogP contribution < -0.4 is 10.6 Å². The summed E-state index contributed by atoms with van der Waals surface area (Å²) in [7, 11) is 0. The van der Waals surface area contributed by atoms with E-state index in [1.165, 1.54) is 0 Å².